The molecule has 0 spiro atoms. The van der Waals surface area contributed by atoms with Crippen LogP contribution in [0.5, 0.6) is 0 Å². The summed E-state index contributed by atoms with van der Waals surface area (Å²) in [4.78, 5) is 25.0. The van der Waals surface area contributed by atoms with Gasteiger partial charge in [0.2, 0.25) is 0 Å². The van der Waals surface area contributed by atoms with Crippen molar-refractivity contribution in [3.63, 3.8) is 0 Å². The number of thioether (sulfide) groups is 1. The molecule has 1 amide bonds. The first-order valence-electron chi connectivity index (χ1n) is 6.92. The minimum absolute atomic E-state index is 0.0762. The first kappa shape index (κ1) is 17.6. The summed E-state index contributed by atoms with van der Waals surface area (Å²) in [7, 11) is 0. The number of carbonyl (C=O) groups excluding carboxylic acids is 2. The summed E-state index contributed by atoms with van der Waals surface area (Å²) in [6.07, 6.45) is 1.33. The van der Waals surface area contributed by atoms with Gasteiger partial charge >= 0.3 is 0 Å². The van der Waals surface area contributed by atoms with E-state index in [9.17, 15) is 19.1 Å². The zero-order chi connectivity index (χ0) is 18.1. The molecule has 1 saturated heterocycles. The Labute approximate surface area is 156 Å². The summed E-state index contributed by atoms with van der Waals surface area (Å²) >= 11 is 12.2. The fraction of sp³-hybridized carbons (Fsp3) is 0. The Balaban J connectivity index is 2.00. The van der Waals surface area contributed by atoms with Crippen LogP contribution in [0.4, 0.5) is 10.1 Å². The SMILES string of the molecule is O=C([O-])c1cccc(N2C(=O)/C(=C/c3c(F)cccc3Cl)SC2=S)c1. The molecular weight excluding hydrogens is 385 g/mol. The van der Waals surface area contributed by atoms with Crippen LogP contribution in [0.2, 0.25) is 5.02 Å². The van der Waals surface area contributed by atoms with E-state index in [1.165, 1.54) is 47.4 Å². The second-order valence-electron chi connectivity index (χ2n) is 4.99. The van der Waals surface area contributed by atoms with Gasteiger partial charge in [-0.1, -0.05) is 53.8 Å². The molecule has 1 aliphatic heterocycles. The number of rotatable bonds is 3. The highest BCUT2D eigenvalue weighted by molar-refractivity contribution is 8.27. The molecule has 25 heavy (non-hydrogen) atoms. The van der Waals surface area contributed by atoms with Crippen molar-refractivity contribution in [2.24, 2.45) is 0 Å². The topological polar surface area (TPSA) is 60.4 Å². The third kappa shape index (κ3) is 3.44. The highest BCUT2D eigenvalue weighted by Gasteiger charge is 2.33. The fourth-order valence-electron chi connectivity index (χ4n) is 2.24. The molecule has 0 atom stereocenters. The lowest BCUT2D eigenvalue weighted by Crippen LogP contribution is -2.28. The van der Waals surface area contributed by atoms with Gasteiger partial charge in [0, 0.05) is 5.56 Å². The normalized spacial score (nSPS) is 15.9. The third-order valence-corrected chi connectivity index (χ3v) is 5.04. The van der Waals surface area contributed by atoms with Gasteiger partial charge in [-0.05, 0) is 35.9 Å². The summed E-state index contributed by atoms with van der Waals surface area (Å²) in [6.45, 7) is 0. The lowest BCUT2D eigenvalue weighted by atomic mass is 10.1. The van der Waals surface area contributed by atoms with Crippen LogP contribution in [0.25, 0.3) is 6.08 Å². The van der Waals surface area contributed by atoms with Crippen molar-refractivity contribution in [2.75, 3.05) is 4.90 Å². The molecule has 1 aliphatic rings. The molecule has 8 heteroatoms. The van der Waals surface area contributed by atoms with Crippen molar-refractivity contribution < 1.29 is 19.1 Å². The highest BCUT2D eigenvalue weighted by atomic mass is 35.5. The predicted molar refractivity (Wildman–Crippen MR) is 97.8 cm³/mol. The lowest BCUT2D eigenvalue weighted by molar-refractivity contribution is -0.255. The Morgan fingerprint density at radius 3 is 2.68 bits per heavy atom. The maximum Gasteiger partial charge on any atom is 0.270 e. The molecule has 0 N–H and O–H groups in total. The Morgan fingerprint density at radius 1 is 1.28 bits per heavy atom. The average molecular weight is 393 g/mol. The van der Waals surface area contributed by atoms with Gasteiger partial charge in [-0.15, -0.1) is 0 Å². The number of benzene rings is 2. The molecule has 1 fully saturated rings. The van der Waals surface area contributed by atoms with Crippen molar-refractivity contribution in [1.29, 1.82) is 0 Å². The van der Waals surface area contributed by atoms with Crippen LogP contribution < -0.4 is 10.0 Å². The second-order valence-corrected chi connectivity index (χ2v) is 7.07. The lowest BCUT2D eigenvalue weighted by Gasteiger charge is -2.15. The molecule has 0 unspecified atom stereocenters. The highest BCUT2D eigenvalue weighted by Crippen LogP contribution is 2.37. The quantitative estimate of drug-likeness (QED) is 0.592. The number of thiocarbonyl (C=S) groups is 1. The van der Waals surface area contributed by atoms with E-state index in [2.05, 4.69) is 0 Å². The summed E-state index contributed by atoms with van der Waals surface area (Å²) in [6, 6.07) is 9.89. The Bertz CT molecular complexity index is 925. The number of aromatic carboxylic acids is 1. The van der Waals surface area contributed by atoms with Crippen molar-refractivity contribution in [2.45, 2.75) is 0 Å². The first-order chi connectivity index (χ1) is 11.9. The Morgan fingerprint density at radius 2 is 2.00 bits per heavy atom. The predicted octanol–water partition coefficient (Wildman–Crippen LogP) is 3.25. The molecule has 126 valence electrons. The molecule has 4 nitrogen and oxygen atoms in total. The molecule has 3 rings (SSSR count). The van der Waals surface area contributed by atoms with E-state index >= 15 is 0 Å². The Kier molecular flexibility index (Phi) is 4.89. The number of carboxylic acid groups (broad SMARTS) is 1. The smallest absolute Gasteiger partial charge is 0.270 e. The van der Waals surface area contributed by atoms with E-state index in [4.69, 9.17) is 23.8 Å². The van der Waals surface area contributed by atoms with E-state index in [0.717, 1.165) is 11.8 Å². The van der Waals surface area contributed by atoms with E-state index < -0.39 is 17.7 Å². The van der Waals surface area contributed by atoms with E-state index in [-0.39, 0.29) is 25.4 Å². The van der Waals surface area contributed by atoms with Crippen molar-refractivity contribution in [3.8, 4) is 0 Å². The molecule has 2 aromatic rings. The first-order valence-corrected chi connectivity index (χ1v) is 8.52. The largest absolute Gasteiger partial charge is 0.545 e. The summed E-state index contributed by atoms with van der Waals surface area (Å²) in [5.41, 5.74) is 0.313. The molecule has 2 aromatic carbocycles. The molecular formula is C17H8ClFNO3S2-. The summed E-state index contributed by atoms with van der Waals surface area (Å²) in [5.74, 6) is -2.40. The van der Waals surface area contributed by atoms with Gasteiger partial charge in [-0.2, -0.15) is 0 Å². The molecule has 0 bridgehead atoms. The van der Waals surface area contributed by atoms with Gasteiger partial charge in [-0.25, -0.2) is 4.39 Å². The van der Waals surface area contributed by atoms with Gasteiger partial charge in [0.15, 0.2) is 4.32 Å². The van der Waals surface area contributed by atoms with Gasteiger partial charge in [0.05, 0.1) is 21.6 Å². The maximum atomic E-state index is 13.9. The minimum Gasteiger partial charge on any atom is -0.545 e. The third-order valence-electron chi connectivity index (χ3n) is 3.41. The number of nitrogens with zero attached hydrogens (tertiary/aromatic N) is 1. The summed E-state index contributed by atoms with van der Waals surface area (Å²) < 4.78 is 14.1. The minimum atomic E-state index is -1.36. The standard InChI is InChI=1S/C17H9ClFNO3S2/c18-12-5-2-6-13(19)11(12)8-14-15(21)20(17(24)25-14)10-4-1-3-9(7-10)16(22)23/h1-8H,(H,22,23)/p-1/b14-8-. The zero-order valence-corrected chi connectivity index (χ0v) is 14.8. The van der Waals surface area contributed by atoms with Crippen LogP contribution in [0, 0.1) is 5.82 Å². The number of carboxylic acids is 1. The van der Waals surface area contributed by atoms with Gasteiger partial charge < -0.3 is 9.90 Å². The summed E-state index contributed by atoms with van der Waals surface area (Å²) in [5, 5.41) is 11.2. The molecule has 0 aromatic heterocycles. The molecule has 1 heterocycles. The van der Waals surface area contributed by atoms with Crippen LogP contribution in [-0.2, 0) is 4.79 Å². The van der Waals surface area contributed by atoms with Crippen LogP contribution in [0.3, 0.4) is 0 Å². The second kappa shape index (κ2) is 6.95. The van der Waals surface area contributed by atoms with Gasteiger partial charge in [-0.3, -0.25) is 9.69 Å². The Hall–Kier alpha value is -2.22. The number of amides is 1. The zero-order valence-electron chi connectivity index (χ0n) is 12.4. The number of hydrogen-bond donors (Lipinski definition) is 0. The number of hydrogen-bond acceptors (Lipinski definition) is 5. The van der Waals surface area contributed by atoms with E-state index in [0.29, 0.717) is 5.69 Å². The van der Waals surface area contributed by atoms with Crippen LogP contribution in [0.1, 0.15) is 15.9 Å². The van der Waals surface area contributed by atoms with Gasteiger partial charge in [0.1, 0.15) is 5.82 Å². The molecule has 0 aliphatic carbocycles. The van der Waals surface area contributed by atoms with Gasteiger partial charge in [0.25, 0.3) is 5.91 Å². The van der Waals surface area contributed by atoms with Crippen LogP contribution in [0.15, 0.2) is 47.4 Å². The van der Waals surface area contributed by atoms with Crippen LogP contribution >= 0.6 is 35.6 Å². The van der Waals surface area contributed by atoms with Crippen molar-refractivity contribution in [1.82, 2.24) is 0 Å². The monoisotopic (exact) mass is 392 g/mol. The molecule has 0 radical (unpaired) electrons. The molecule has 0 saturated carbocycles. The number of halogens is 2. The van der Waals surface area contributed by atoms with Crippen molar-refractivity contribution in [3.05, 3.63) is 69.3 Å². The van der Waals surface area contributed by atoms with Crippen molar-refractivity contribution >= 4 is 63.5 Å². The number of carbonyl (C=O) groups is 2. The number of anilines is 1. The average Bonchev–Trinajstić information content (AvgIpc) is 2.85. The van der Waals surface area contributed by atoms with E-state index in [1.807, 2.05) is 0 Å². The van der Waals surface area contributed by atoms with Crippen LogP contribution in [-0.4, -0.2) is 16.2 Å². The fourth-order valence-corrected chi connectivity index (χ4v) is 3.74. The van der Waals surface area contributed by atoms with E-state index in [1.54, 1.807) is 6.07 Å². The maximum absolute atomic E-state index is 13.9.